The molecule has 0 aliphatic heterocycles. The van der Waals surface area contributed by atoms with Crippen LogP contribution in [0.2, 0.25) is 0 Å². The second-order valence-electron chi connectivity index (χ2n) is 6.02. The molecule has 3 rings (SSSR count). The maximum Gasteiger partial charge on any atom is 0.237 e. The fourth-order valence-electron chi connectivity index (χ4n) is 2.43. The van der Waals surface area contributed by atoms with Gasteiger partial charge >= 0.3 is 0 Å². The van der Waals surface area contributed by atoms with E-state index in [9.17, 15) is 18.4 Å². The van der Waals surface area contributed by atoms with Crippen molar-refractivity contribution in [2.24, 2.45) is 5.73 Å². The van der Waals surface area contributed by atoms with Crippen LogP contribution in [0.3, 0.4) is 0 Å². The zero-order chi connectivity index (χ0) is 21.0. The van der Waals surface area contributed by atoms with Crippen molar-refractivity contribution < 1.29 is 18.4 Å². The second kappa shape index (κ2) is 9.14. The van der Waals surface area contributed by atoms with Crippen LogP contribution in [0.15, 0.2) is 40.9 Å². The third-order valence-electron chi connectivity index (χ3n) is 3.88. The van der Waals surface area contributed by atoms with Gasteiger partial charge in [0.25, 0.3) is 0 Å². The minimum absolute atomic E-state index is 0.0824. The summed E-state index contributed by atoms with van der Waals surface area (Å²) in [4.78, 5) is 24.5. The number of nitrogens with one attached hydrogen (secondary N) is 1. The van der Waals surface area contributed by atoms with Gasteiger partial charge in [-0.1, -0.05) is 17.8 Å². The number of carbonyl (C=O) groups is 2. The van der Waals surface area contributed by atoms with Crippen LogP contribution in [-0.4, -0.2) is 31.8 Å². The molecule has 0 saturated carbocycles. The molecule has 0 fully saturated rings. The van der Waals surface area contributed by atoms with Crippen molar-refractivity contribution in [2.45, 2.75) is 30.3 Å². The number of nitrogens with zero attached hydrogens (tertiary/aromatic N) is 3. The molecular formula is C18H17F2N5O2S2. The van der Waals surface area contributed by atoms with Gasteiger partial charge in [0, 0.05) is 19.0 Å². The van der Waals surface area contributed by atoms with Crippen molar-refractivity contribution in [2.75, 3.05) is 5.32 Å². The summed E-state index contributed by atoms with van der Waals surface area (Å²) in [6, 6.07) is 6.55. The van der Waals surface area contributed by atoms with Crippen LogP contribution in [-0.2, 0) is 16.1 Å². The van der Waals surface area contributed by atoms with Gasteiger partial charge < -0.3 is 15.6 Å². The highest BCUT2D eigenvalue weighted by Crippen LogP contribution is 2.30. The van der Waals surface area contributed by atoms with E-state index in [4.69, 9.17) is 5.73 Å². The number of thioether (sulfide) groups is 1. The van der Waals surface area contributed by atoms with Crippen LogP contribution in [0.25, 0.3) is 10.7 Å². The largest absolute Gasteiger partial charge is 0.370 e. The number of amides is 2. The van der Waals surface area contributed by atoms with E-state index in [1.807, 2.05) is 17.5 Å². The molecule has 3 N–H and O–H groups in total. The highest BCUT2D eigenvalue weighted by atomic mass is 32.2. The summed E-state index contributed by atoms with van der Waals surface area (Å²) in [5.74, 6) is -1.83. The van der Waals surface area contributed by atoms with E-state index in [0.29, 0.717) is 11.0 Å². The Labute approximate surface area is 173 Å². The van der Waals surface area contributed by atoms with E-state index in [1.54, 1.807) is 11.5 Å². The summed E-state index contributed by atoms with van der Waals surface area (Å²) in [7, 11) is 0. The second-order valence-corrected chi connectivity index (χ2v) is 8.28. The molecule has 152 valence electrons. The molecule has 0 aliphatic carbocycles. The SMILES string of the molecule is CC(Sc1nnc(-c2cccs2)n1CCC(N)=O)C(=O)Nc1cc(F)ccc1F. The molecule has 1 unspecified atom stereocenters. The fourth-order valence-corrected chi connectivity index (χ4v) is 4.02. The molecule has 2 aromatic heterocycles. The van der Waals surface area contributed by atoms with E-state index < -0.39 is 28.7 Å². The van der Waals surface area contributed by atoms with Crippen molar-refractivity contribution in [3.63, 3.8) is 0 Å². The van der Waals surface area contributed by atoms with Gasteiger partial charge in [-0.15, -0.1) is 21.5 Å². The number of hydrogen-bond acceptors (Lipinski definition) is 6. The summed E-state index contributed by atoms with van der Waals surface area (Å²) in [5, 5.41) is 12.3. The number of carbonyl (C=O) groups excluding carboxylic acids is 2. The molecule has 0 saturated heterocycles. The normalized spacial score (nSPS) is 12.0. The number of hydrogen-bond donors (Lipinski definition) is 2. The fraction of sp³-hybridized carbons (Fsp3) is 0.222. The number of primary amides is 1. The van der Waals surface area contributed by atoms with E-state index in [0.717, 1.165) is 34.8 Å². The van der Waals surface area contributed by atoms with Crippen molar-refractivity contribution in [1.29, 1.82) is 0 Å². The van der Waals surface area contributed by atoms with Gasteiger partial charge in [0.2, 0.25) is 11.8 Å². The lowest BCUT2D eigenvalue weighted by Crippen LogP contribution is -2.24. The van der Waals surface area contributed by atoms with E-state index in [2.05, 4.69) is 15.5 Å². The lowest BCUT2D eigenvalue weighted by atomic mass is 10.3. The third-order valence-corrected chi connectivity index (χ3v) is 5.82. The Hall–Kier alpha value is -2.79. The number of nitrogens with two attached hydrogens (primary N) is 1. The predicted molar refractivity (Wildman–Crippen MR) is 107 cm³/mol. The van der Waals surface area contributed by atoms with Gasteiger partial charge in [-0.2, -0.15) is 0 Å². The Morgan fingerprint density at radius 3 is 2.79 bits per heavy atom. The number of benzene rings is 1. The number of anilines is 1. The maximum absolute atomic E-state index is 13.8. The molecule has 0 bridgehead atoms. The van der Waals surface area contributed by atoms with Crippen molar-refractivity contribution in [1.82, 2.24) is 14.8 Å². The molecule has 0 radical (unpaired) electrons. The van der Waals surface area contributed by atoms with E-state index >= 15 is 0 Å². The first-order valence-corrected chi connectivity index (χ1v) is 10.3. The topological polar surface area (TPSA) is 103 Å². The Morgan fingerprint density at radius 1 is 1.31 bits per heavy atom. The standard InChI is InChI=1S/C18H17F2N5O2S2/c1-10(17(27)22-13-9-11(19)4-5-12(13)20)29-18-24-23-16(14-3-2-8-28-14)25(18)7-6-15(21)26/h2-5,8-10H,6-7H2,1H3,(H2,21,26)(H,22,27). The Balaban J connectivity index is 1.78. The Bertz CT molecular complexity index is 1020. The zero-order valence-corrected chi connectivity index (χ0v) is 16.9. The van der Waals surface area contributed by atoms with Crippen LogP contribution in [0.4, 0.5) is 14.5 Å². The van der Waals surface area contributed by atoms with Gasteiger partial charge in [0.1, 0.15) is 11.6 Å². The van der Waals surface area contributed by atoms with Crippen LogP contribution in [0, 0.1) is 11.6 Å². The van der Waals surface area contributed by atoms with Crippen LogP contribution in [0.1, 0.15) is 13.3 Å². The molecule has 2 heterocycles. The summed E-state index contributed by atoms with van der Waals surface area (Å²) in [5.41, 5.74) is 5.02. The summed E-state index contributed by atoms with van der Waals surface area (Å²) in [6.45, 7) is 1.86. The van der Waals surface area contributed by atoms with Crippen LogP contribution >= 0.6 is 23.1 Å². The highest BCUT2D eigenvalue weighted by Gasteiger charge is 2.22. The van der Waals surface area contributed by atoms with Crippen molar-refractivity contribution >= 4 is 40.6 Å². The number of thiophene rings is 1. The van der Waals surface area contributed by atoms with Crippen LogP contribution < -0.4 is 11.1 Å². The average molecular weight is 437 g/mol. The Kier molecular flexibility index (Phi) is 6.60. The first-order chi connectivity index (χ1) is 13.8. The van der Waals surface area contributed by atoms with Gasteiger partial charge in [-0.05, 0) is 30.5 Å². The maximum atomic E-state index is 13.8. The van der Waals surface area contributed by atoms with Gasteiger partial charge in [0.05, 0.1) is 15.8 Å². The minimum Gasteiger partial charge on any atom is -0.370 e. The number of rotatable bonds is 8. The predicted octanol–water partition coefficient (Wildman–Crippen LogP) is 3.28. The Morgan fingerprint density at radius 2 is 2.10 bits per heavy atom. The van der Waals surface area contributed by atoms with Gasteiger partial charge in [-0.3, -0.25) is 9.59 Å². The summed E-state index contributed by atoms with van der Waals surface area (Å²) in [6.07, 6.45) is 0.0824. The quantitative estimate of drug-likeness (QED) is 0.527. The molecule has 1 aromatic carbocycles. The van der Waals surface area contributed by atoms with Gasteiger partial charge in [-0.25, -0.2) is 8.78 Å². The molecule has 2 amide bonds. The smallest absolute Gasteiger partial charge is 0.237 e. The number of aromatic nitrogens is 3. The van der Waals surface area contributed by atoms with E-state index in [1.165, 1.54) is 11.3 Å². The lowest BCUT2D eigenvalue weighted by molar-refractivity contribution is -0.118. The lowest BCUT2D eigenvalue weighted by Gasteiger charge is -2.13. The first kappa shape index (κ1) is 20.9. The monoisotopic (exact) mass is 437 g/mol. The zero-order valence-electron chi connectivity index (χ0n) is 15.3. The van der Waals surface area contributed by atoms with E-state index in [-0.39, 0.29) is 18.7 Å². The summed E-state index contributed by atoms with van der Waals surface area (Å²) < 4.78 is 28.8. The molecule has 29 heavy (non-hydrogen) atoms. The van der Waals surface area contributed by atoms with Crippen LogP contribution in [0.5, 0.6) is 0 Å². The minimum atomic E-state index is -0.735. The summed E-state index contributed by atoms with van der Waals surface area (Å²) >= 11 is 2.55. The molecule has 7 nitrogen and oxygen atoms in total. The van der Waals surface area contributed by atoms with Crippen molar-refractivity contribution in [3.05, 3.63) is 47.3 Å². The molecule has 0 spiro atoms. The average Bonchev–Trinajstić information content (AvgIpc) is 3.32. The number of halogens is 2. The molecule has 11 heteroatoms. The molecule has 3 aromatic rings. The molecular weight excluding hydrogens is 420 g/mol. The van der Waals surface area contributed by atoms with Gasteiger partial charge in [0.15, 0.2) is 11.0 Å². The molecule has 0 aliphatic rings. The first-order valence-electron chi connectivity index (χ1n) is 8.53. The third kappa shape index (κ3) is 5.18. The molecule has 1 atom stereocenters. The van der Waals surface area contributed by atoms with Crippen molar-refractivity contribution in [3.8, 4) is 10.7 Å². The highest BCUT2D eigenvalue weighted by molar-refractivity contribution is 8.00.